The molecule has 2 N–H and O–H groups in total. The van der Waals surface area contributed by atoms with Crippen LogP contribution >= 0.6 is 23.1 Å². The molecule has 1 aliphatic carbocycles. The third-order valence-corrected chi connectivity index (χ3v) is 8.68. The third kappa shape index (κ3) is 5.97. The summed E-state index contributed by atoms with van der Waals surface area (Å²) >= 11 is 2.78. The lowest BCUT2D eigenvalue weighted by Crippen LogP contribution is -2.26. The maximum absolute atomic E-state index is 12.7. The number of nitrogens with zero attached hydrogens (tertiary/aromatic N) is 4. The standard InChI is InChI=1S/C26H30N6O2S2/c1-26(2,3)16-10-11-18-19(14-27)24(36-20(18)12-16)29-23(34)15-35-25-31-30-21(32(25)4)13-22(33)28-17-8-6-5-7-9-17/h5-9,16H,10-13,15H2,1-4H3,(H,28,33)(H,29,34)/t16-/m1/s1. The number of hydrogen-bond donors (Lipinski definition) is 2. The van der Waals surface area contributed by atoms with E-state index in [9.17, 15) is 14.9 Å². The van der Waals surface area contributed by atoms with Gasteiger partial charge in [-0.1, -0.05) is 50.7 Å². The van der Waals surface area contributed by atoms with Crippen molar-refractivity contribution in [1.82, 2.24) is 14.8 Å². The molecule has 2 aromatic heterocycles. The summed E-state index contributed by atoms with van der Waals surface area (Å²) in [5.41, 5.74) is 2.63. The minimum absolute atomic E-state index is 0.0764. The predicted molar refractivity (Wildman–Crippen MR) is 143 cm³/mol. The lowest BCUT2D eigenvalue weighted by molar-refractivity contribution is -0.116. The zero-order valence-corrected chi connectivity index (χ0v) is 22.6. The van der Waals surface area contributed by atoms with Crippen molar-refractivity contribution < 1.29 is 9.59 Å². The van der Waals surface area contributed by atoms with Crippen molar-refractivity contribution in [3.63, 3.8) is 0 Å². The Kier molecular flexibility index (Phi) is 7.81. The molecular formula is C26H30N6O2S2. The zero-order valence-electron chi connectivity index (χ0n) is 20.9. The Labute approximate surface area is 219 Å². The zero-order chi connectivity index (χ0) is 25.9. The second kappa shape index (κ2) is 10.8. The molecule has 8 nitrogen and oxygen atoms in total. The van der Waals surface area contributed by atoms with E-state index >= 15 is 0 Å². The Morgan fingerprint density at radius 1 is 1.19 bits per heavy atom. The number of aromatic nitrogens is 3. The lowest BCUT2D eigenvalue weighted by atomic mass is 9.72. The van der Waals surface area contributed by atoms with Gasteiger partial charge in [-0.25, -0.2) is 0 Å². The predicted octanol–water partition coefficient (Wildman–Crippen LogP) is 4.81. The Morgan fingerprint density at radius 3 is 2.64 bits per heavy atom. The van der Waals surface area contributed by atoms with Crippen LogP contribution in [0.5, 0.6) is 0 Å². The fraction of sp³-hybridized carbons (Fsp3) is 0.423. The molecule has 0 unspecified atom stereocenters. The number of fused-ring (bicyclic) bond motifs is 1. The molecule has 4 rings (SSSR count). The summed E-state index contributed by atoms with van der Waals surface area (Å²) in [4.78, 5) is 26.3. The van der Waals surface area contributed by atoms with Gasteiger partial charge in [0.05, 0.1) is 17.7 Å². The molecule has 0 fully saturated rings. The molecule has 0 saturated carbocycles. The fourth-order valence-corrected chi connectivity index (χ4v) is 6.34. The van der Waals surface area contributed by atoms with Crippen LogP contribution in [0, 0.1) is 22.7 Å². The average Bonchev–Trinajstić information content (AvgIpc) is 3.36. The van der Waals surface area contributed by atoms with Crippen molar-refractivity contribution in [2.75, 3.05) is 16.4 Å². The van der Waals surface area contributed by atoms with Crippen LogP contribution < -0.4 is 10.6 Å². The summed E-state index contributed by atoms with van der Waals surface area (Å²) in [6.07, 6.45) is 2.96. The minimum Gasteiger partial charge on any atom is -0.326 e. The van der Waals surface area contributed by atoms with E-state index < -0.39 is 0 Å². The van der Waals surface area contributed by atoms with Gasteiger partial charge >= 0.3 is 0 Å². The fourth-order valence-electron chi connectivity index (χ4n) is 4.32. The first-order valence-electron chi connectivity index (χ1n) is 11.9. The van der Waals surface area contributed by atoms with E-state index in [1.165, 1.54) is 28.0 Å². The summed E-state index contributed by atoms with van der Waals surface area (Å²) in [7, 11) is 1.78. The number of amides is 2. The van der Waals surface area contributed by atoms with Gasteiger partial charge in [-0.15, -0.1) is 21.5 Å². The summed E-state index contributed by atoms with van der Waals surface area (Å²) in [5.74, 6) is 0.811. The summed E-state index contributed by atoms with van der Waals surface area (Å²) < 4.78 is 1.72. The van der Waals surface area contributed by atoms with Crippen molar-refractivity contribution in [3.8, 4) is 6.07 Å². The second-order valence-corrected chi connectivity index (χ2v) is 12.1. The minimum atomic E-state index is -0.200. The lowest BCUT2D eigenvalue weighted by Gasteiger charge is -2.33. The van der Waals surface area contributed by atoms with Gasteiger partial charge in [0.25, 0.3) is 0 Å². The van der Waals surface area contributed by atoms with E-state index in [1.807, 2.05) is 30.3 Å². The molecule has 0 radical (unpaired) electrons. The number of rotatable bonds is 7. The highest BCUT2D eigenvalue weighted by molar-refractivity contribution is 7.99. The van der Waals surface area contributed by atoms with Gasteiger partial charge in [-0.2, -0.15) is 5.26 Å². The number of para-hydroxylation sites is 1. The van der Waals surface area contributed by atoms with Crippen LogP contribution in [-0.4, -0.2) is 32.3 Å². The molecule has 0 spiro atoms. The van der Waals surface area contributed by atoms with Crippen LogP contribution in [0.25, 0.3) is 0 Å². The highest BCUT2D eigenvalue weighted by Gasteiger charge is 2.32. The van der Waals surface area contributed by atoms with Gasteiger partial charge in [0.15, 0.2) is 5.16 Å². The number of benzene rings is 1. The SMILES string of the molecule is Cn1c(CC(=O)Nc2ccccc2)nnc1SCC(=O)Nc1sc2c(c1C#N)CC[C@@H](C(C)(C)C)C2. The highest BCUT2D eigenvalue weighted by Crippen LogP contribution is 2.44. The number of carbonyl (C=O) groups excluding carboxylic acids is 2. The Hall–Kier alpha value is -3.16. The van der Waals surface area contributed by atoms with Crippen molar-refractivity contribution in [3.05, 3.63) is 52.2 Å². The first kappa shape index (κ1) is 25.9. The molecule has 1 aromatic carbocycles. The molecule has 3 aromatic rings. The third-order valence-electron chi connectivity index (χ3n) is 6.49. The van der Waals surface area contributed by atoms with E-state index in [4.69, 9.17) is 0 Å². The topological polar surface area (TPSA) is 113 Å². The van der Waals surface area contributed by atoms with Crippen LogP contribution in [-0.2, 0) is 35.9 Å². The van der Waals surface area contributed by atoms with Gasteiger partial charge in [0, 0.05) is 17.6 Å². The maximum atomic E-state index is 12.7. The summed E-state index contributed by atoms with van der Waals surface area (Å²) in [6.45, 7) is 6.78. The number of thioether (sulfide) groups is 1. The van der Waals surface area contributed by atoms with Gasteiger partial charge in [0.1, 0.15) is 16.9 Å². The van der Waals surface area contributed by atoms with Crippen molar-refractivity contribution in [1.29, 1.82) is 5.26 Å². The molecule has 1 atom stereocenters. The van der Waals surface area contributed by atoms with E-state index in [2.05, 4.69) is 47.7 Å². The summed E-state index contributed by atoms with van der Waals surface area (Å²) in [6, 6.07) is 11.5. The van der Waals surface area contributed by atoms with Crippen LogP contribution in [0.4, 0.5) is 10.7 Å². The molecular weight excluding hydrogens is 492 g/mol. The molecule has 188 valence electrons. The number of anilines is 2. The Bertz CT molecular complexity index is 1300. The molecule has 0 aliphatic heterocycles. The number of thiophene rings is 1. The van der Waals surface area contributed by atoms with E-state index in [1.54, 1.807) is 11.6 Å². The van der Waals surface area contributed by atoms with Crippen molar-refractivity contribution >= 4 is 45.6 Å². The maximum Gasteiger partial charge on any atom is 0.235 e. The van der Waals surface area contributed by atoms with Crippen LogP contribution in [0.1, 0.15) is 49.0 Å². The monoisotopic (exact) mass is 522 g/mol. The first-order chi connectivity index (χ1) is 17.2. The molecule has 2 amide bonds. The van der Waals surface area contributed by atoms with Crippen LogP contribution in [0.2, 0.25) is 0 Å². The van der Waals surface area contributed by atoms with Gasteiger partial charge in [-0.05, 0) is 48.3 Å². The molecule has 10 heteroatoms. The van der Waals surface area contributed by atoms with Crippen molar-refractivity contribution in [2.24, 2.45) is 18.4 Å². The van der Waals surface area contributed by atoms with Gasteiger partial charge < -0.3 is 15.2 Å². The largest absolute Gasteiger partial charge is 0.326 e. The smallest absolute Gasteiger partial charge is 0.235 e. The number of hydrogen-bond acceptors (Lipinski definition) is 7. The van der Waals surface area contributed by atoms with Gasteiger partial charge in [-0.3, -0.25) is 9.59 Å². The molecule has 1 aliphatic rings. The number of carbonyl (C=O) groups is 2. The Morgan fingerprint density at radius 2 is 1.94 bits per heavy atom. The second-order valence-electron chi connectivity index (χ2n) is 10.0. The number of nitriles is 1. The van der Waals surface area contributed by atoms with Gasteiger partial charge in [0.2, 0.25) is 11.8 Å². The van der Waals surface area contributed by atoms with Crippen LogP contribution in [0.15, 0.2) is 35.5 Å². The average molecular weight is 523 g/mol. The van der Waals surface area contributed by atoms with E-state index in [0.717, 1.165) is 30.5 Å². The van der Waals surface area contributed by atoms with E-state index in [-0.39, 0.29) is 29.4 Å². The first-order valence-corrected chi connectivity index (χ1v) is 13.7. The Balaban J connectivity index is 1.35. The molecule has 2 heterocycles. The number of nitrogens with one attached hydrogen (secondary N) is 2. The molecule has 0 bridgehead atoms. The van der Waals surface area contributed by atoms with E-state index in [0.29, 0.717) is 27.5 Å². The highest BCUT2D eigenvalue weighted by atomic mass is 32.2. The normalized spacial score (nSPS) is 15.1. The van der Waals surface area contributed by atoms with Crippen molar-refractivity contribution in [2.45, 2.75) is 51.6 Å². The van der Waals surface area contributed by atoms with Crippen LogP contribution in [0.3, 0.4) is 0 Å². The summed E-state index contributed by atoms with van der Waals surface area (Å²) in [5, 5.41) is 25.0. The molecule has 36 heavy (non-hydrogen) atoms. The molecule has 0 saturated heterocycles. The quantitative estimate of drug-likeness (QED) is 0.431.